The van der Waals surface area contributed by atoms with E-state index in [2.05, 4.69) is 34.3 Å². The van der Waals surface area contributed by atoms with Crippen molar-refractivity contribution in [2.75, 3.05) is 26.7 Å². The van der Waals surface area contributed by atoms with Crippen LogP contribution in [0, 0.1) is 0 Å². The number of benzene rings is 2. The summed E-state index contributed by atoms with van der Waals surface area (Å²) >= 11 is 0. The highest BCUT2D eigenvalue weighted by atomic mass is 16.2. The first-order valence-electron chi connectivity index (χ1n) is 8.20. The van der Waals surface area contributed by atoms with Crippen LogP contribution in [-0.4, -0.2) is 52.6 Å². The number of H-pyrrole nitrogens is 1. The van der Waals surface area contributed by atoms with E-state index in [9.17, 15) is 4.79 Å². The second kappa shape index (κ2) is 6.09. The van der Waals surface area contributed by atoms with Gasteiger partial charge < -0.3 is 9.80 Å². The fourth-order valence-corrected chi connectivity index (χ4v) is 3.42. The van der Waals surface area contributed by atoms with Crippen molar-refractivity contribution in [1.82, 2.24) is 20.0 Å². The Morgan fingerprint density at radius 3 is 2.79 bits per heavy atom. The van der Waals surface area contributed by atoms with Crippen molar-refractivity contribution in [3.8, 4) is 0 Å². The van der Waals surface area contributed by atoms with E-state index in [0.29, 0.717) is 5.56 Å². The van der Waals surface area contributed by atoms with E-state index in [1.807, 2.05) is 41.3 Å². The third-order valence-corrected chi connectivity index (χ3v) is 4.74. The van der Waals surface area contributed by atoms with Crippen LogP contribution in [0.15, 0.2) is 54.7 Å². The molecule has 0 bridgehead atoms. The van der Waals surface area contributed by atoms with Gasteiger partial charge in [-0.15, -0.1) is 0 Å². The van der Waals surface area contributed by atoms with E-state index in [1.54, 1.807) is 6.20 Å². The predicted molar refractivity (Wildman–Crippen MR) is 93.8 cm³/mol. The summed E-state index contributed by atoms with van der Waals surface area (Å²) in [6.07, 6.45) is 1.75. The van der Waals surface area contributed by atoms with Crippen molar-refractivity contribution in [2.45, 2.75) is 6.04 Å². The second-order valence-corrected chi connectivity index (χ2v) is 6.33. The lowest BCUT2D eigenvalue weighted by Crippen LogP contribution is -2.49. The van der Waals surface area contributed by atoms with Crippen LogP contribution in [0.3, 0.4) is 0 Å². The number of rotatable bonds is 2. The molecule has 24 heavy (non-hydrogen) atoms. The van der Waals surface area contributed by atoms with Crippen LogP contribution in [0.25, 0.3) is 10.9 Å². The molecular formula is C19H20N4O. The molecule has 1 saturated heterocycles. The Kier molecular flexibility index (Phi) is 3.78. The van der Waals surface area contributed by atoms with Gasteiger partial charge in [0.05, 0.1) is 23.3 Å². The van der Waals surface area contributed by atoms with Gasteiger partial charge in [0.1, 0.15) is 0 Å². The maximum Gasteiger partial charge on any atom is 0.256 e. The highest BCUT2D eigenvalue weighted by molar-refractivity contribution is 6.05. The number of amides is 1. The molecule has 3 aromatic rings. The second-order valence-electron chi connectivity index (χ2n) is 6.33. The number of aromatic nitrogens is 2. The largest absolute Gasteiger partial charge is 0.329 e. The molecule has 1 aliphatic rings. The molecule has 2 heterocycles. The molecule has 1 N–H and O–H groups in total. The summed E-state index contributed by atoms with van der Waals surface area (Å²) < 4.78 is 0. The zero-order valence-electron chi connectivity index (χ0n) is 13.6. The summed E-state index contributed by atoms with van der Waals surface area (Å²) in [4.78, 5) is 17.5. The van der Waals surface area contributed by atoms with Gasteiger partial charge in [-0.3, -0.25) is 9.89 Å². The molecule has 5 heteroatoms. The maximum absolute atomic E-state index is 13.3. The average molecular weight is 320 g/mol. The van der Waals surface area contributed by atoms with Crippen LogP contribution in [0.4, 0.5) is 0 Å². The molecule has 1 amide bonds. The third kappa shape index (κ3) is 2.57. The van der Waals surface area contributed by atoms with Crippen molar-refractivity contribution in [3.05, 3.63) is 65.9 Å². The van der Waals surface area contributed by atoms with Gasteiger partial charge in [0, 0.05) is 25.0 Å². The standard InChI is InChI=1S/C19H20N4O/c1-22-10-11-23(17(13-22)14-6-3-2-4-7-14)19(24)16-9-5-8-15-12-20-21-18(15)16/h2-9,12,17H,10-11,13H2,1H3,(H,20,21). The van der Waals surface area contributed by atoms with Gasteiger partial charge in [-0.2, -0.15) is 5.10 Å². The minimum absolute atomic E-state index is 0.0619. The molecule has 4 rings (SSSR count). The molecule has 1 aromatic heterocycles. The van der Waals surface area contributed by atoms with Gasteiger partial charge in [-0.25, -0.2) is 0 Å². The normalized spacial score (nSPS) is 18.9. The van der Waals surface area contributed by atoms with Crippen molar-refractivity contribution in [3.63, 3.8) is 0 Å². The van der Waals surface area contributed by atoms with E-state index in [0.717, 1.165) is 30.5 Å². The molecule has 1 aliphatic heterocycles. The van der Waals surface area contributed by atoms with Crippen LogP contribution in [0.2, 0.25) is 0 Å². The molecule has 2 aromatic carbocycles. The van der Waals surface area contributed by atoms with Crippen molar-refractivity contribution in [2.24, 2.45) is 0 Å². The Morgan fingerprint density at radius 1 is 1.12 bits per heavy atom. The zero-order chi connectivity index (χ0) is 16.5. The monoisotopic (exact) mass is 320 g/mol. The zero-order valence-corrected chi connectivity index (χ0v) is 13.6. The SMILES string of the molecule is CN1CCN(C(=O)c2cccc3cn[nH]c23)C(c2ccccc2)C1. The number of para-hydroxylation sites is 1. The molecular weight excluding hydrogens is 300 g/mol. The quantitative estimate of drug-likeness (QED) is 0.790. The number of nitrogens with zero attached hydrogens (tertiary/aromatic N) is 3. The lowest BCUT2D eigenvalue weighted by Gasteiger charge is -2.40. The number of carbonyl (C=O) groups is 1. The van der Waals surface area contributed by atoms with Gasteiger partial charge in [-0.1, -0.05) is 42.5 Å². The number of carbonyl (C=O) groups excluding carboxylic acids is 1. The number of aromatic amines is 1. The minimum atomic E-state index is 0.0619. The number of likely N-dealkylation sites (N-methyl/N-ethyl adjacent to an activating group) is 1. The van der Waals surface area contributed by atoms with Gasteiger partial charge >= 0.3 is 0 Å². The first kappa shape index (κ1) is 14.9. The molecule has 0 aliphatic carbocycles. The van der Waals surface area contributed by atoms with Crippen LogP contribution in [-0.2, 0) is 0 Å². The van der Waals surface area contributed by atoms with Gasteiger partial charge in [0.15, 0.2) is 0 Å². The predicted octanol–water partition coefficient (Wildman–Crippen LogP) is 2.69. The topological polar surface area (TPSA) is 52.2 Å². The third-order valence-electron chi connectivity index (χ3n) is 4.74. The van der Waals surface area contributed by atoms with Crippen LogP contribution in [0.1, 0.15) is 22.0 Å². The van der Waals surface area contributed by atoms with E-state index >= 15 is 0 Å². The Hall–Kier alpha value is -2.66. The summed E-state index contributed by atoms with van der Waals surface area (Å²) in [7, 11) is 2.10. The average Bonchev–Trinajstić information content (AvgIpc) is 3.10. The van der Waals surface area contributed by atoms with Crippen LogP contribution >= 0.6 is 0 Å². The Morgan fingerprint density at radius 2 is 1.96 bits per heavy atom. The molecule has 0 radical (unpaired) electrons. The minimum Gasteiger partial charge on any atom is -0.329 e. The van der Waals surface area contributed by atoms with E-state index in [4.69, 9.17) is 0 Å². The summed E-state index contributed by atoms with van der Waals surface area (Å²) in [6.45, 7) is 2.45. The lowest BCUT2D eigenvalue weighted by atomic mass is 10.0. The Bertz CT molecular complexity index is 858. The lowest BCUT2D eigenvalue weighted by molar-refractivity contribution is 0.0500. The van der Waals surface area contributed by atoms with Crippen molar-refractivity contribution in [1.29, 1.82) is 0 Å². The number of hydrogen-bond donors (Lipinski definition) is 1. The molecule has 122 valence electrons. The van der Waals surface area contributed by atoms with Crippen LogP contribution in [0.5, 0.6) is 0 Å². The summed E-state index contributed by atoms with van der Waals surface area (Å²) in [5, 5.41) is 8.00. The molecule has 1 fully saturated rings. The fraction of sp³-hybridized carbons (Fsp3) is 0.263. The molecule has 1 atom stereocenters. The van der Waals surface area contributed by atoms with E-state index in [-0.39, 0.29) is 11.9 Å². The number of hydrogen-bond acceptors (Lipinski definition) is 3. The van der Waals surface area contributed by atoms with Crippen molar-refractivity contribution >= 4 is 16.8 Å². The molecule has 0 spiro atoms. The summed E-state index contributed by atoms with van der Waals surface area (Å²) in [5.74, 6) is 0.0619. The summed E-state index contributed by atoms with van der Waals surface area (Å²) in [6, 6.07) is 16.1. The fourth-order valence-electron chi connectivity index (χ4n) is 3.42. The smallest absolute Gasteiger partial charge is 0.256 e. The van der Waals surface area contributed by atoms with E-state index < -0.39 is 0 Å². The van der Waals surface area contributed by atoms with Gasteiger partial charge in [0.25, 0.3) is 5.91 Å². The molecule has 0 saturated carbocycles. The number of piperazine rings is 1. The first-order chi connectivity index (χ1) is 11.7. The maximum atomic E-state index is 13.3. The van der Waals surface area contributed by atoms with Crippen molar-refractivity contribution < 1.29 is 4.79 Å². The highest BCUT2D eigenvalue weighted by Gasteiger charge is 2.31. The molecule has 1 unspecified atom stereocenters. The number of nitrogens with one attached hydrogen (secondary N) is 1. The Labute approximate surface area is 140 Å². The first-order valence-corrected chi connectivity index (χ1v) is 8.20. The highest BCUT2D eigenvalue weighted by Crippen LogP contribution is 2.28. The summed E-state index contributed by atoms with van der Waals surface area (Å²) in [5.41, 5.74) is 2.68. The number of fused-ring (bicyclic) bond motifs is 1. The van der Waals surface area contributed by atoms with Crippen LogP contribution < -0.4 is 0 Å². The van der Waals surface area contributed by atoms with Gasteiger partial charge in [-0.05, 0) is 18.7 Å². The Balaban J connectivity index is 1.73. The van der Waals surface area contributed by atoms with Gasteiger partial charge in [0.2, 0.25) is 0 Å². The molecule has 5 nitrogen and oxygen atoms in total. The van der Waals surface area contributed by atoms with E-state index in [1.165, 1.54) is 5.56 Å².